The smallest absolute Gasteiger partial charge is 0.312 e. The van der Waals surface area contributed by atoms with Crippen molar-refractivity contribution < 1.29 is 43.5 Å². The van der Waals surface area contributed by atoms with Crippen molar-refractivity contribution >= 4 is 53.1 Å². The Balaban J connectivity index is 2.06. The van der Waals surface area contributed by atoms with Gasteiger partial charge in [0, 0.05) is 38.0 Å². The van der Waals surface area contributed by atoms with Crippen LogP contribution in [0.1, 0.15) is 119 Å². The molecule has 0 radical (unpaired) electrons. The molecule has 0 spiro atoms. The minimum Gasteiger partial charge on any atom is -0.481 e. The van der Waals surface area contributed by atoms with Crippen LogP contribution in [0, 0.1) is 22.7 Å². The molecule has 1 unspecified atom stereocenters. The van der Waals surface area contributed by atoms with Gasteiger partial charge in [0.25, 0.3) is 0 Å². The lowest BCUT2D eigenvalue weighted by molar-refractivity contribution is -0.141. The van der Waals surface area contributed by atoms with Crippen molar-refractivity contribution in [1.82, 2.24) is 26.2 Å². The zero-order chi connectivity index (χ0) is 43.1. The Hall–Kier alpha value is -5.02. The van der Waals surface area contributed by atoms with Gasteiger partial charge in [-0.25, -0.2) is 4.79 Å². The predicted octanol–water partition coefficient (Wildman–Crippen LogP) is 3.62. The van der Waals surface area contributed by atoms with Crippen LogP contribution in [0.2, 0.25) is 0 Å². The number of unbranched alkanes of at least 4 members (excludes halogenated alkanes) is 2. The fourth-order valence-electron chi connectivity index (χ4n) is 6.51. The Kier molecular flexibility index (Phi) is 18.6. The van der Waals surface area contributed by atoms with Gasteiger partial charge in [-0.1, -0.05) is 73.9 Å². The molecule has 57 heavy (non-hydrogen) atoms. The number of nitrogens with zero attached hydrogens (tertiary/aromatic N) is 1. The SMILES string of the molecule is CC(C)[C@H](NC(=O)[C@H](CCC(=O)O)NC(=O)CCCCCN1C(=O)CC(C(C)(C)C)C1=O)C(=O)N[C@@H](CCCNC(N)=O)C(=O)Nc1ccc(CC(C)(C)C)cc1. The van der Waals surface area contributed by atoms with Gasteiger partial charge in [-0.05, 0) is 73.0 Å². The average molecular weight is 800 g/mol. The molecule has 1 aliphatic heterocycles. The quantitative estimate of drug-likeness (QED) is 0.0668. The zero-order valence-electron chi connectivity index (χ0n) is 34.9. The number of carbonyl (C=O) groups is 8. The summed E-state index contributed by atoms with van der Waals surface area (Å²) in [5, 5.41) is 22.6. The summed E-state index contributed by atoms with van der Waals surface area (Å²) in [6.07, 6.45) is 2.21. The van der Waals surface area contributed by atoms with E-state index in [0.29, 0.717) is 31.4 Å². The third-order valence-electron chi connectivity index (χ3n) is 9.68. The van der Waals surface area contributed by atoms with E-state index in [4.69, 9.17) is 5.73 Å². The van der Waals surface area contributed by atoms with Crippen LogP contribution < -0.4 is 32.3 Å². The van der Waals surface area contributed by atoms with Gasteiger partial charge in [-0.15, -0.1) is 0 Å². The van der Waals surface area contributed by atoms with Crippen LogP contribution >= 0.6 is 0 Å². The number of nitrogens with two attached hydrogens (primary N) is 1. The first kappa shape index (κ1) is 48.1. The van der Waals surface area contributed by atoms with Crippen LogP contribution in [-0.2, 0) is 40.0 Å². The van der Waals surface area contributed by atoms with Crippen molar-refractivity contribution in [2.75, 3.05) is 18.4 Å². The van der Waals surface area contributed by atoms with Crippen molar-refractivity contribution in [2.45, 2.75) is 138 Å². The number of amides is 8. The summed E-state index contributed by atoms with van der Waals surface area (Å²) in [5.74, 6) is -4.85. The van der Waals surface area contributed by atoms with E-state index in [1.807, 2.05) is 32.9 Å². The number of rotatable bonds is 22. The fraction of sp³-hybridized carbons (Fsp3) is 0.659. The molecule has 8 N–H and O–H groups in total. The Labute approximate surface area is 336 Å². The molecule has 1 aromatic rings. The third kappa shape index (κ3) is 17.3. The number of anilines is 1. The number of carbonyl (C=O) groups excluding carboxylic acids is 7. The highest BCUT2D eigenvalue weighted by molar-refractivity contribution is 6.04. The van der Waals surface area contributed by atoms with Crippen LogP contribution in [-0.4, -0.2) is 88.7 Å². The average Bonchev–Trinajstić information content (AvgIpc) is 3.39. The molecular formula is C41H65N7O9. The normalized spacial score (nSPS) is 16.1. The van der Waals surface area contributed by atoms with Crippen molar-refractivity contribution in [3.05, 3.63) is 29.8 Å². The molecule has 1 aliphatic rings. The predicted molar refractivity (Wildman–Crippen MR) is 215 cm³/mol. The highest BCUT2D eigenvalue weighted by atomic mass is 16.4. The van der Waals surface area contributed by atoms with Crippen molar-refractivity contribution in [3.63, 3.8) is 0 Å². The van der Waals surface area contributed by atoms with Crippen LogP contribution in [0.15, 0.2) is 24.3 Å². The van der Waals surface area contributed by atoms with E-state index < -0.39 is 66.1 Å². The van der Waals surface area contributed by atoms with Gasteiger partial charge in [-0.3, -0.25) is 38.5 Å². The second kappa shape index (κ2) is 22.1. The minimum absolute atomic E-state index is 0.0121. The van der Waals surface area contributed by atoms with Crippen LogP contribution in [0.3, 0.4) is 0 Å². The number of aliphatic carboxylic acids is 1. The number of nitrogens with one attached hydrogen (secondary N) is 5. The molecule has 318 valence electrons. The van der Waals surface area contributed by atoms with Crippen LogP contribution in [0.5, 0.6) is 0 Å². The Morgan fingerprint density at radius 2 is 1.44 bits per heavy atom. The van der Waals surface area contributed by atoms with Gasteiger partial charge in [0.05, 0.1) is 5.92 Å². The highest BCUT2D eigenvalue weighted by Crippen LogP contribution is 2.35. The van der Waals surface area contributed by atoms with E-state index in [0.717, 1.165) is 12.0 Å². The molecule has 0 aliphatic carbocycles. The summed E-state index contributed by atoms with van der Waals surface area (Å²) in [6.45, 7) is 15.9. The molecule has 0 saturated carbocycles. The summed E-state index contributed by atoms with van der Waals surface area (Å²) in [7, 11) is 0. The molecule has 16 nitrogen and oxygen atoms in total. The molecule has 0 aromatic heterocycles. The van der Waals surface area contributed by atoms with Gasteiger partial charge < -0.3 is 37.4 Å². The molecule has 1 heterocycles. The number of hydrogen-bond donors (Lipinski definition) is 7. The Bertz CT molecular complexity index is 1580. The fourth-order valence-corrected chi connectivity index (χ4v) is 6.51. The van der Waals surface area contributed by atoms with E-state index in [9.17, 15) is 43.5 Å². The lowest BCUT2D eigenvalue weighted by atomic mass is 9.80. The molecule has 1 fully saturated rings. The summed E-state index contributed by atoms with van der Waals surface area (Å²) in [6, 6.07) is 3.15. The number of likely N-dealkylation sites (tertiary alicyclic amines) is 1. The van der Waals surface area contributed by atoms with Gasteiger partial charge >= 0.3 is 12.0 Å². The van der Waals surface area contributed by atoms with E-state index in [-0.39, 0.29) is 67.3 Å². The van der Waals surface area contributed by atoms with Crippen molar-refractivity contribution in [3.8, 4) is 0 Å². The van der Waals surface area contributed by atoms with Crippen molar-refractivity contribution in [1.29, 1.82) is 0 Å². The number of carboxylic acids is 1. The van der Waals surface area contributed by atoms with E-state index in [2.05, 4.69) is 47.4 Å². The Morgan fingerprint density at radius 3 is 1.98 bits per heavy atom. The second-order valence-electron chi connectivity index (χ2n) is 17.5. The number of imide groups is 1. The van der Waals surface area contributed by atoms with Crippen molar-refractivity contribution in [2.24, 2.45) is 28.4 Å². The highest BCUT2D eigenvalue weighted by Gasteiger charge is 2.44. The molecule has 1 saturated heterocycles. The monoisotopic (exact) mass is 799 g/mol. The first-order chi connectivity index (χ1) is 26.5. The maximum atomic E-state index is 13.7. The summed E-state index contributed by atoms with van der Waals surface area (Å²) in [4.78, 5) is 103. The van der Waals surface area contributed by atoms with E-state index in [1.165, 1.54) is 4.90 Å². The largest absolute Gasteiger partial charge is 0.481 e. The molecule has 4 atom stereocenters. The number of benzene rings is 1. The summed E-state index contributed by atoms with van der Waals surface area (Å²) < 4.78 is 0. The van der Waals surface area contributed by atoms with Gasteiger partial charge in [0.2, 0.25) is 35.4 Å². The maximum Gasteiger partial charge on any atom is 0.312 e. The molecular weight excluding hydrogens is 734 g/mol. The molecule has 8 amide bonds. The van der Waals surface area contributed by atoms with Crippen LogP contribution in [0.25, 0.3) is 0 Å². The number of carboxylic acid groups (broad SMARTS) is 1. The molecule has 1 aromatic carbocycles. The number of hydrogen-bond acceptors (Lipinski definition) is 8. The zero-order valence-corrected chi connectivity index (χ0v) is 34.9. The maximum absolute atomic E-state index is 13.7. The van der Waals surface area contributed by atoms with Gasteiger partial charge in [-0.2, -0.15) is 0 Å². The summed E-state index contributed by atoms with van der Waals surface area (Å²) in [5.41, 5.74) is 6.53. The first-order valence-corrected chi connectivity index (χ1v) is 19.9. The molecule has 16 heteroatoms. The standard InChI is InChI=1S/C41H65N7O9/c1-25(2)34(37(55)46-29(13-12-21-43-39(42)57)35(53)44-27-17-15-26(16-18-27)24-40(3,4)5)47-36(54)30(19-20-33(51)52)45-31(49)14-10-9-11-22-48-32(50)23-28(38(48)56)41(6,7)8/h15-18,25,28-30,34H,9-14,19-24H2,1-8H3,(H,44,53)(H,45,49)(H,46,55)(H,47,54)(H,51,52)(H3,42,43,57)/t28?,29-,30-,34-/m0/s1. The Morgan fingerprint density at radius 1 is 0.807 bits per heavy atom. The third-order valence-corrected chi connectivity index (χ3v) is 9.68. The number of urea groups is 1. The lowest BCUT2D eigenvalue weighted by Gasteiger charge is -2.27. The number of primary amides is 1. The molecule has 0 bridgehead atoms. The second-order valence-corrected chi connectivity index (χ2v) is 17.5. The lowest BCUT2D eigenvalue weighted by Crippen LogP contribution is -2.57. The van der Waals surface area contributed by atoms with Gasteiger partial charge in [0.1, 0.15) is 18.1 Å². The van der Waals surface area contributed by atoms with Gasteiger partial charge in [0.15, 0.2) is 0 Å². The molecule has 2 rings (SSSR count). The summed E-state index contributed by atoms with van der Waals surface area (Å²) >= 11 is 0. The first-order valence-electron chi connectivity index (χ1n) is 19.9. The van der Waals surface area contributed by atoms with E-state index in [1.54, 1.807) is 26.0 Å². The van der Waals surface area contributed by atoms with E-state index >= 15 is 0 Å². The van der Waals surface area contributed by atoms with Crippen LogP contribution in [0.4, 0.5) is 10.5 Å². The topological polar surface area (TPSA) is 246 Å². The minimum atomic E-state index is -1.27.